The molecule has 4 rings (SSSR count). The average Bonchev–Trinajstić information content (AvgIpc) is 3.15. The van der Waals surface area contributed by atoms with E-state index >= 15 is 0 Å². The number of carbonyl (C=O) groups excluding carboxylic acids is 1. The monoisotopic (exact) mass is 316 g/mol. The lowest BCUT2D eigenvalue weighted by molar-refractivity contribution is -0.137. The summed E-state index contributed by atoms with van der Waals surface area (Å²) in [7, 11) is 1.87. The maximum Gasteiger partial charge on any atom is 0.227 e. The molecule has 2 saturated carbocycles. The minimum atomic E-state index is 0.0101. The summed E-state index contributed by atoms with van der Waals surface area (Å²) in [6.45, 7) is 1.74. The van der Waals surface area contributed by atoms with E-state index in [0.717, 1.165) is 29.9 Å². The number of hydrogen-bond acceptors (Lipinski definition) is 4. The number of rotatable bonds is 3. The van der Waals surface area contributed by atoms with Gasteiger partial charge in [0.2, 0.25) is 5.91 Å². The third-order valence-corrected chi connectivity index (χ3v) is 5.67. The van der Waals surface area contributed by atoms with E-state index in [-0.39, 0.29) is 17.9 Å². The van der Waals surface area contributed by atoms with Crippen LogP contribution in [0.25, 0.3) is 0 Å². The van der Waals surface area contributed by atoms with Gasteiger partial charge in [0.05, 0.1) is 5.92 Å². The molecule has 2 N–H and O–H groups in total. The first-order valence-electron chi connectivity index (χ1n) is 8.52. The van der Waals surface area contributed by atoms with Crippen molar-refractivity contribution in [3.8, 4) is 11.5 Å². The van der Waals surface area contributed by atoms with E-state index in [1.54, 1.807) is 0 Å². The predicted octanol–water partition coefficient (Wildman–Crippen LogP) is 1.79. The first-order chi connectivity index (χ1) is 11.1. The lowest BCUT2D eigenvalue weighted by Gasteiger charge is -2.31. The topological polar surface area (TPSA) is 64.8 Å². The Hall–Kier alpha value is -1.75. The van der Waals surface area contributed by atoms with Gasteiger partial charge in [-0.05, 0) is 48.8 Å². The van der Waals surface area contributed by atoms with Gasteiger partial charge < -0.3 is 20.1 Å². The smallest absolute Gasteiger partial charge is 0.227 e. The summed E-state index contributed by atoms with van der Waals surface area (Å²) in [4.78, 5) is 14.6. The summed E-state index contributed by atoms with van der Waals surface area (Å²) in [5, 5.41) is 0. The summed E-state index contributed by atoms with van der Waals surface area (Å²) in [5.41, 5.74) is 7.36. The van der Waals surface area contributed by atoms with Crippen LogP contribution in [-0.4, -0.2) is 37.1 Å². The highest BCUT2D eigenvalue weighted by atomic mass is 16.6. The van der Waals surface area contributed by atoms with Gasteiger partial charge in [-0.15, -0.1) is 0 Å². The zero-order valence-electron chi connectivity index (χ0n) is 13.5. The number of hydrogen-bond donors (Lipinski definition) is 1. The third kappa shape index (κ3) is 2.57. The van der Waals surface area contributed by atoms with Crippen molar-refractivity contribution < 1.29 is 14.3 Å². The van der Waals surface area contributed by atoms with E-state index in [1.807, 2.05) is 30.1 Å². The second kappa shape index (κ2) is 5.71. The standard InChI is InChI=1S/C18H24N2O3/c1-20(18(21)16-12-3-4-13(9-12)17(16)19)10-11-2-5-14-15(8-11)23-7-6-22-14/h2,5,8,12-13,16-17H,3-4,6-7,9-10,19H2,1H3. The molecule has 23 heavy (non-hydrogen) atoms. The molecule has 5 nitrogen and oxygen atoms in total. The van der Waals surface area contributed by atoms with Gasteiger partial charge >= 0.3 is 0 Å². The molecule has 1 aromatic rings. The molecule has 124 valence electrons. The summed E-state index contributed by atoms with van der Waals surface area (Å²) in [6.07, 6.45) is 3.49. The van der Waals surface area contributed by atoms with Gasteiger partial charge in [0, 0.05) is 19.6 Å². The van der Waals surface area contributed by atoms with Gasteiger partial charge in [0.15, 0.2) is 11.5 Å². The average molecular weight is 316 g/mol. The van der Waals surface area contributed by atoms with Crippen molar-refractivity contribution in [3.63, 3.8) is 0 Å². The van der Waals surface area contributed by atoms with Crippen molar-refractivity contribution in [1.82, 2.24) is 4.90 Å². The molecule has 0 spiro atoms. The van der Waals surface area contributed by atoms with Crippen LogP contribution in [0, 0.1) is 17.8 Å². The molecule has 2 aliphatic carbocycles. The van der Waals surface area contributed by atoms with Crippen molar-refractivity contribution in [2.75, 3.05) is 20.3 Å². The SMILES string of the molecule is CN(Cc1ccc2c(c1)OCCO2)C(=O)C1C2CCC(C2)C1N. The highest BCUT2D eigenvalue weighted by molar-refractivity contribution is 5.80. The Morgan fingerprint density at radius 3 is 2.70 bits per heavy atom. The number of amides is 1. The maximum atomic E-state index is 12.8. The maximum absolute atomic E-state index is 12.8. The number of benzene rings is 1. The number of carbonyl (C=O) groups is 1. The van der Waals surface area contributed by atoms with E-state index in [0.29, 0.717) is 31.6 Å². The van der Waals surface area contributed by atoms with Crippen LogP contribution in [0.3, 0.4) is 0 Å². The Morgan fingerprint density at radius 2 is 1.96 bits per heavy atom. The Bertz CT molecular complexity index is 616. The van der Waals surface area contributed by atoms with Crippen molar-refractivity contribution >= 4 is 5.91 Å². The van der Waals surface area contributed by atoms with Crippen LogP contribution in [0.2, 0.25) is 0 Å². The van der Waals surface area contributed by atoms with Crippen molar-refractivity contribution in [1.29, 1.82) is 0 Å². The quantitative estimate of drug-likeness (QED) is 0.923. The lowest BCUT2D eigenvalue weighted by atomic mass is 9.84. The van der Waals surface area contributed by atoms with Gasteiger partial charge in [0.1, 0.15) is 13.2 Å². The van der Waals surface area contributed by atoms with Crippen LogP contribution < -0.4 is 15.2 Å². The van der Waals surface area contributed by atoms with Crippen LogP contribution in [0.1, 0.15) is 24.8 Å². The van der Waals surface area contributed by atoms with E-state index in [1.165, 1.54) is 6.42 Å². The molecule has 0 radical (unpaired) electrons. The van der Waals surface area contributed by atoms with Crippen LogP contribution in [0.5, 0.6) is 11.5 Å². The Kier molecular flexibility index (Phi) is 3.68. The first-order valence-corrected chi connectivity index (χ1v) is 8.52. The third-order valence-electron chi connectivity index (χ3n) is 5.67. The lowest BCUT2D eigenvalue weighted by Crippen LogP contribution is -2.45. The molecule has 4 unspecified atom stereocenters. The van der Waals surface area contributed by atoms with Crippen molar-refractivity contribution in [2.45, 2.75) is 31.8 Å². The second-order valence-corrected chi connectivity index (χ2v) is 7.11. The van der Waals surface area contributed by atoms with Crippen LogP contribution in [0.15, 0.2) is 18.2 Å². The molecule has 0 saturated heterocycles. The Labute approximate surface area is 136 Å². The van der Waals surface area contributed by atoms with Crippen LogP contribution >= 0.6 is 0 Å². The molecule has 2 fully saturated rings. The van der Waals surface area contributed by atoms with Crippen molar-refractivity contribution in [2.24, 2.45) is 23.5 Å². The molecule has 2 bridgehead atoms. The molecular weight excluding hydrogens is 292 g/mol. The molecular formula is C18H24N2O3. The van der Waals surface area contributed by atoms with E-state index in [9.17, 15) is 4.79 Å². The molecule has 0 aromatic heterocycles. The number of nitrogens with two attached hydrogens (primary N) is 1. The van der Waals surface area contributed by atoms with E-state index in [2.05, 4.69) is 0 Å². The van der Waals surface area contributed by atoms with Crippen molar-refractivity contribution in [3.05, 3.63) is 23.8 Å². The molecule has 1 aliphatic heterocycles. The minimum absolute atomic E-state index is 0.0101. The minimum Gasteiger partial charge on any atom is -0.486 e. The summed E-state index contributed by atoms with van der Waals surface area (Å²) < 4.78 is 11.2. The summed E-state index contributed by atoms with van der Waals surface area (Å²) in [6, 6.07) is 5.94. The molecule has 1 heterocycles. The Morgan fingerprint density at radius 1 is 1.22 bits per heavy atom. The van der Waals surface area contributed by atoms with Gasteiger partial charge in [-0.3, -0.25) is 4.79 Å². The first kappa shape index (κ1) is 14.8. The predicted molar refractivity (Wildman–Crippen MR) is 86.2 cm³/mol. The molecule has 3 aliphatic rings. The second-order valence-electron chi connectivity index (χ2n) is 7.11. The summed E-state index contributed by atoms with van der Waals surface area (Å²) in [5.74, 6) is 2.80. The fourth-order valence-corrected chi connectivity index (χ4v) is 4.49. The molecule has 1 aromatic carbocycles. The number of ether oxygens (including phenoxy) is 2. The van der Waals surface area contributed by atoms with Gasteiger partial charge in [-0.25, -0.2) is 0 Å². The molecule has 5 heteroatoms. The van der Waals surface area contributed by atoms with Gasteiger partial charge in [-0.1, -0.05) is 6.07 Å². The number of nitrogens with zero attached hydrogens (tertiary/aromatic N) is 1. The normalized spacial score (nSPS) is 31.2. The number of fused-ring (bicyclic) bond motifs is 3. The molecule has 4 atom stereocenters. The highest BCUT2D eigenvalue weighted by Gasteiger charge is 2.49. The zero-order valence-corrected chi connectivity index (χ0v) is 13.5. The Balaban J connectivity index is 1.45. The highest BCUT2D eigenvalue weighted by Crippen LogP contribution is 2.48. The molecule has 1 amide bonds. The fourth-order valence-electron chi connectivity index (χ4n) is 4.49. The van der Waals surface area contributed by atoms with Crippen LogP contribution in [0.4, 0.5) is 0 Å². The zero-order chi connectivity index (χ0) is 16.0. The summed E-state index contributed by atoms with van der Waals surface area (Å²) >= 11 is 0. The van der Waals surface area contributed by atoms with Gasteiger partial charge in [0.25, 0.3) is 0 Å². The van der Waals surface area contributed by atoms with E-state index < -0.39 is 0 Å². The van der Waals surface area contributed by atoms with E-state index in [4.69, 9.17) is 15.2 Å². The largest absolute Gasteiger partial charge is 0.486 e. The van der Waals surface area contributed by atoms with Crippen LogP contribution in [-0.2, 0) is 11.3 Å². The van der Waals surface area contributed by atoms with Gasteiger partial charge in [-0.2, -0.15) is 0 Å². The fraction of sp³-hybridized carbons (Fsp3) is 0.611.